The zero-order valence-electron chi connectivity index (χ0n) is 16.3. The van der Waals surface area contributed by atoms with E-state index in [1.807, 2.05) is 28.8 Å². The first-order valence-corrected chi connectivity index (χ1v) is 10.4. The molecule has 1 aromatic carbocycles. The van der Waals surface area contributed by atoms with Crippen molar-refractivity contribution in [2.24, 2.45) is 0 Å². The number of aromatic nitrogens is 2. The number of nitrogens with two attached hydrogens (primary N) is 1. The third-order valence-electron chi connectivity index (χ3n) is 4.95. The fourth-order valence-corrected chi connectivity index (χ4v) is 4.41. The van der Waals surface area contributed by atoms with Gasteiger partial charge in [0, 0.05) is 23.8 Å². The Labute approximate surface area is 187 Å². The molecule has 0 fully saturated rings. The quantitative estimate of drug-likeness (QED) is 0.559. The number of anilines is 1. The van der Waals surface area contributed by atoms with Crippen LogP contribution in [0.4, 0.5) is 5.69 Å². The summed E-state index contributed by atoms with van der Waals surface area (Å²) in [6, 6.07) is 10.2. The Balaban J connectivity index is 0.00000150. The number of thioether (sulfide) groups is 1. The number of amides is 1. The molecule has 3 aromatic rings. The summed E-state index contributed by atoms with van der Waals surface area (Å²) in [5.41, 5.74) is 12.3. The number of hydrogen-bond acceptors (Lipinski definition) is 4. The molecule has 0 bridgehead atoms. The maximum absolute atomic E-state index is 12.4. The highest BCUT2D eigenvalue weighted by Gasteiger charge is 2.21. The van der Waals surface area contributed by atoms with Gasteiger partial charge in [-0.2, -0.15) is 0 Å². The first kappa shape index (κ1) is 23.4. The maximum atomic E-state index is 12.4. The zero-order valence-corrected chi connectivity index (χ0v) is 18.7. The molecule has 1 unspecified atom stereocenters. The predicted molar refractivity (Wildman–Crippen MR) is 125 cm³/mol. The number of pyridine rings is 1. The summed E-state index contributed by atoms with van der Waals surface area (Å²) in [6.07, 6.45) is 7.20. The van der Waals surface area contributed by atoms with Gasteiger partial charge in [-0.15, -0.1) is 36.6 Å². The second-order valence-electron chi connectivity index (χ2n) is 7.17. The molecule has 3 N–H and O–H groups in total. The number of rotatable bonds is 5. The smallest absolute Gasteiger partial charge is 0.230 e. The largest absolute Gasteiger partial charge is 0.399 e. The van der Waals surface area contributed by atoms with Crippen LogP contribution in [0.3, 0.4) is 0 Å². The van der Waals surface area contributed by atoms with E-state index in [2.05, 4.69) is 35.6 Å². The van der Waals surface area contributed by atoms with E-state index >= 15 is 0 Å². The summed E-state index contributed by atoms with van der Waals surface area (Å²) in [5.74, 6) is 1.24. The summed E-state index contributed by atoms with van der Waals surface area (Å²) in [7, 11) is 0. The number of benzene rings is 1. The Morgan fingerprint density at radius 3 is 2.93 bits per heavy atom. The fourth-order valence-electron chi connectivity index (χ4n) is 3.69. The highest BCUT2D eigenvalue weighted by atomic mass is 35.5. The number of carbonyl (C=O) groups is 1. The molecule has 0 saturated carbocycles. The van der Waals surface area contributed by atoms with Gasteiger partial charge in [0.2, 0.25) is 5.91 Å². The van der Waals surface area contributed by atoms with Gasteiger partial charge in [0.25, 0.3) is 0 Å². The molecule has 1 aliphatic carbocycles. The lowest BCUT2D eigenvalue weighted by Crippen LogP contribution is -2.32. The molecule has 1 aliphatic rings. The Morgan fingerprint density at radius 2 is 2.10 bits per heavy atom. The molecule has 0 radical (unpaired) electrons. The van der Waals surface area contributed by atoms with Gasteiger partial charge in [-0.1, -0.05) is 12.1 Å². The molecule has 29 heavy (non-hydrogen) atoms. The van der Waals surface area contributed by atoms with E-state index in [-0.39, 0.29) is 36.8 Å². The van der Waals surface area contributed by atoms with Crippen LogP contribution in [0.1, 0.15) is 41.3 Å². The van der Waals surface area contributed by atoms with Gasteiger partial charge < -0.3 is 15.5 Å². The average Bonchev–Trinajstić information content (AvgIpc) is 3.03. The number of imidazole rings is 1. The number of halogens is 2. The van der Waals surface area contributed by atoms with Crippen molar-refractivity contribution in [3.05, 3.63) is 65.1 Å². The van der Waals surface area contributed by atoms with Gasteiger partial charge in [0.05, 0.1) is 17.5 Å². The molecule has 0 aliphatic heterocycles. The third-order valence-corrected chi connectivity index (χ3v) is 5.91. The monoisotopic (exact) mass is 452 g/mol. The first-order chi connectivity index (χ1) is 13.1. The van der Waals surface area contributed by atoms with Gasteiger partial charge in [-0.05, 0) is 61.1 Å². The standard InChI is InChI=1S/C21H24N4OS.2ClH/c1-14-5-8-20-23-17(11-25(20)10-14)12-27-13-21(26)24-19-4-2-3-15-9-16(22)6-7-18(15)19;;/h5-11,19H,2-4,12-13,22H2,1H3,(H,24,26);2*1H. The van der Waals surface area contributed by atoms with Crippen LogP contribution in [0.15, 0.2) is 42.7 Å². The average molecular weight is 453 g/mol. The van der Waals surface area contributed by atoms with Crippen molar-refractivity contribution in [3.63, 3.8) is 0 Å². The minimum absolute atomic E-state index is 0. The zero-order chi connectivity index (χ0) is 18.8. The number of nitrogen functional groups attached to an aromatic ring is 1. The van der Waals surface area contributed by atoms with E-state index in [9.17, 15) is 4.79 Å². The van der Waals surface area contributed by atoms with Crippen LogP contribution < -0.4 is 11.1 Å². The van der Waals surface area contributed by atoms with Gasteiger partial charge in [0.1, 0.15) is 5.65 Å². The Bertz CT molecular complexity index is 992. The molecule has 1 atom stereocenters. The number of hydrogen-bond donors (Lipinski definition) is 2. The molecule has 0 spiro atoms. The second kappa shape index (κ2) is 10.2. The number of nitrogens with zero attached hydrogens (tertiary/aromatic N) is 2. The van der Waals surface area contributed by atoms with Crippen LogP contribution in [0.2, 0.25) is 0 Å². The van der Waals surface area contributed by atoms with Gasteiger partial charge in [-0.25, -0.2) is 4.98 Å². The molecule has 8 heteroatoms. The van der Waals surface area contributed by atoms with E-state index < -0.39 is 0 Å². The molecular weight excluding hydrogens is 427 g/mol. The third kappa shape index (κ3) is 5.59. The van der Waals surface area contributed by atoms with Crippen LogP contribution in [0.5, 0.6) is 0 Å². The van der Waals surface area contributed by atoms with Crippen LogP contribution in [-0.2, 0) is 17.0 Å². The van der Waals surface area contributed by atoms with Crippen molar-refractivity contribution in [2.45, 2.75) is 38.0 Å². The normalized spacial score (nSPS) is 15.1. The molecule has 2 heterocycles. The lowest BCUT2D eigenvalue weighted by atomic mass is 9.87. The van der Waals surface area contributed by atoms with E-state index in [0.717, 1.165) is 42.0 Å². The SMILES string of the molecule is Cc1ccc2nc(CSCC(=O)NC3CCCc4cc(N)ccc43)cn2c1.Cl.Cl. The predicted octanol–water partition coefficient (Wildman–Crippen LogP) is 4.50. The molecule has 0 saturated heterocycles. The Kier molecular flexibility index (Phi) is 8.25. The van der Waals surface area contributed by atoms with E-state index in [0.29, 0.717) is 5.75 Å². The lowest BCUT2D eigenvalue weighted by Gasteiger charge is -2.26. The Morgan fingerprint density at radius 1 is 1.28 bits per heavy atom. The van der Waals surface area contributed by atoms with Crippen LogP contribution in [-0.4, -0.2) is 21.0 Å². The molecule has 4 rings (SSSR count). The highest BCUT2D eigenvalue weighted by molar-refractivity contribution is 7.99. The second-order valence-corrected chi connectivity index (χ2v) is 8.15. The fraction of sp³-hybridized carbons (Fsp3) is 0.333. The van der Waals surface area contributed by atoms with Crippen LogP contribution in [0.25, 0.3) is 5.65 Å². The summed E-state index contributed by atoms with van der Waals surface area (Å²) >= 11 is 1.60. The number of carbonyl (C=O) groups excluding carboxylic acids is 1. The van der Waals surface area contributed by atoms with Crippen molar-refractivity contribution >= 4 is 53.8 Å². The topological polar surface area (TPSA) is 72.4 Å². The van der Waals surface area contributed by atoms with Crippen molar-refractivity contribution in [1.82, 2.24) is 14.7 Å². The van der Waals surface area contributed by atoms with Crippen molar-refractivity contribution in [3.8, 4) is 0 Å². The number of nitrogens with one attached hydrogen (secondary N) is 1. The van der Waals surface area contributed by atoms with Crippen molar-refractivity contribution < 1.29 is 4.79 Å². The summed E-state index contributed by atoms with van der Waals surface area (Å²) < 4.78 is 2.04. The van der Waals surface area contributed by atoms with Crippen LogP contribution in [0, 0.1) is 6.92 Å². The summed E-state index contributed by atoms with van der Waals surface area (Å²) in [5, 5.41) is 3.19. The molecule has 2 aromatic heterocycles. The highest BCUT2D eigenvalue weighted by Crippen LogP contribution is 2.31. The van der Waals surface area contributed by atoms with Gasteiger partial charge in [-0.3, -0.25) is 4.79 Å². The summed E-state index contributed by atoms with van der Waals surface area (Å²) in [4.78, 5) is 17.0. The first-order valence-electron chi connectivity index (χ1n) is 9.28. The minimum Gasteiger partial charge on any atom is -0.399 e. The lowest BCUT2D eigenvalue weighted by molar-refractivity contribution is -0.119. The molecular formula is C21H26Cl2N4OS. The van der Waals surface area contributed by atoms with Gasteiger partial charge in [0.15, 0.2) is 0 Å². The summed E-state index contributed by atoms with van der Waals surface area (Å²) in [6.45, 7) is 2.07. The van der Waals surface area contributed by atoms with Crippen molar-refractivity contribution in [2.75, 3.05) is 11.5 Å². The Hall–Kier alpha value is -1.89. The molecule has 156 valence electrons. The van der Waals surface area contributed by atoms with Crippen molar-refractivity contribution in [1.29, 1.82) is 0 Å². The molecule has 5 nitrogen and oxygen atoms in total. The van der Waals surface area contributed by atoms with E-state index in [1.54, 1.807) is 11.8 Å². The molecule has 1 amide bonds. The van der Waals surface area contributed by atoms with E-state index in [1.165, 1.54) is 16.7 Å². The van der Waals surface area contributed by atoms with Crippen LogP contribution >= 0.6 is 36.6 Å². The van der Waals surface area contributed by atoms with Gasteiger partial charge >= 0.3 is 0 Å². The van der Waals surface area contributed by atoms with E-state index in [4.69, 9.17) is 5.73 Å². The minimum atomic E-state index is 0. The maximum Gasteiger partial charge on any atom is 0.230 e. The number of fused-ring (bicyclic) bond motifs is 2. The number of aryl methyl sites for hydroxylation is 2.